The molecule has 1 aliphatic rings. The average molecular weight is 295 g/mol. The van der Waals surface area contributed by atoms with Crippen molar-refractivity contribution in [1.29, 1.82) is 0 Å². The van der Waals surface area contributed by atoms with Crippen molar-refractivity contribution in [3.63, 3.8) is 0 Å². The van der Waals surface area contributed by atoms with E-state index in [2.05, 4.69) is 25.9 Å². The third-order valence-electron chi connectivity index (χ3n) is 3.18. The predicted molar refractivity (Wildman–Crippen MR) is 71.4 cm³/mol. The van der Waals surface area contributed by atoms with Gasteiger partial charge in [0.2, 0.25) is 5.91 Å². The highest BCUT2D eigenvalue weighted by molar-refractivity contribution is 5.83. The Hall–Kier alpha value is -2.58. The monoisotopic (exact) mass is 295 g/mol. The van der Waals surface area contributed by atoms with Crippen LogP contribution in [0.1, 0.15) is 18.5 Å². The Labute approximate surface area is 120 Å². The lowest BCUT2D eigenvalue weighted by Crippen LogP contribution is -2.49. The lowest BCUT2D eigenvalue weighted by molar-refractivity contribution is -0.139. The lowest BCUT2D eigenvalue weighted by Gasteiger charge is -2.16. The lowest BCUT2D eigenvalue weighted by atomic mass is 10.1. The molecule has 1 fully saturated rings. The Balaban J connectivity index is 1.78. The van der Waals surface area contributed by atoms with E-state index in [4.69, 9.17) is 5.11 Å². The zero-order chi connectivity index (χ0) is 15.2. The second-order valence-corrected chi connectivity index (χ2v) is 4.83. The van der Waals surface area contributed by atoms with Gasteiger partial charge in [-0.15, -0.1) is 0 Å². The van der Waals surface area contributed by atoms with E-state index in [1.165, 1.54) is 12.5 Å². The standard InChI is InChI=1S/C12H17N5O4/c18-10-2-1-7(16-10)5-14-12(21)17-9(11(19)20)3-8-4-13-6-15-8/h4,6-7,9H,1-3,5H2,(H,13,15)(H,16,18)(H,19,20)(H2,14,17,21)/t7?,9-/m0/s1. The molecule has 1 aromatic heterocycles. The number of carboxylic acid groups (broad SMARTS) is 1. The molecule has 0 aliphatic carbocycles. The van der Waals surface area contributed by atoms with Crippen LogP contribution in [0.2, 0.25) is 0 Å². The Bertz CT molecular complexity index is 516. The molecule has 0 bridgehead atoms. The van der Waals surface area contributed by atoms with E-state index < -0.39 is 18.0 Å². The van der Waals surface area contributed by atoms with Crippen molar-refractivity contribution in [3.05, 3.63) is 18.2 Å². The number of rotatable bonds is 6. The van der Waals surface area contributed by atoms with Gasteiger partial charge in [-0.25, -0.2) is 14.6 Å². The number of aliphatic carboxylic acids is 1. The van der Waals surface area contributed by atoms with E-state index in [9.17, 15) is 14.4 Å². The molecular formula is C12H17N5O4. The second-order valence-electron chi connectivity index (χ2n) is 4.83. The summed E-state index contributed by atoms with van der Waals surface area (Å²) in [6.07, 6.45) is 4.17. The molecule has 9 heteroatoms. The number of amides is 3. The molecule has 21 heavy (non-hydrogen) atoms. The highest BCUT2D eigenvalue weighted by atomic mass is 16.4. The highest BCUT2D eigenvalue weighted by Crippen LogP contribution is 2.05. The van der Waals surface area contributed by atoms with Crippen LogP contribution in [0.3, 0.4) is 0 Å². The van der Waals surface area contributed by atoms with Gasteiger partial charge in [-0.3, -0.25) is 4.79 Å². The maximum Gasteiger partial charge on any atom is 0.326 e. The maximum absolute atomic E-state index is 11.7. The summed E-state index contributed by atoms with van der Waals surface area (Å²) in [6.45, 7) is 0.272. The van der Waals surface area contributed by atoms with Gasteiger partial charge in [0.25, 0.3) is 0 Å². The van der Waals surface area contributed by atoms with Gasteiger partial charge in [0.1, 0.15) is 6.04 Å². The highest BCUT2D eigenvalue weighted by Gasteiger charge is 2.23. The summed E-state index contributed by atoms with van der Waals surface area (Å²) in [7, 11) is 0. The molecule has 1 aromatic rings. The first-order valence-electron chi connectivity index (χ1n) is 6.58. The average Bonchev–Trinajstić information content (AvgIpc) is 3.07. The van der Waals surface area contributed by atoms with Crippen LogP contribution in [0.5, 0.6) is 0 Å². The SMILES string of the molecule is O=C1CCC(CNC(=O)N[C@@H](Cc2cnc[nH]2)C(=O)O)N1. The van der Waals surface area contributed by atoms with Crippen molar-refractivity contribution in [2.45, 2.75) is 31.3 Å². The van der Waals surface area contributed by atoms with Crippen LogP contribution in [0.15, 0.2) is 12.5 Å². The van der Waals surface area contributed by atoms with Crippen molar-refractivity contribution in [2.75, 3.05) is 6.54 Å². The van der Waals surface area contributed by atoms with Crippen LogP contribution in [0.4, 0.5) is 4.79 Å². The fourth-order valence-corrected chi connectivity index (χ4v) is 2.07. The van der Waals surface area contributed by atoms with Gasteiger partial charge in [-0.1, -0.05) is 0 Å². The van der Waals surface area contributed by atoms with Gasteiger partial charge in [-0.05, 0) is 6.42 Å². The summed E-state index contributed by atoms with van der Waals surface area (Å²) in [6, 6.07) is -1.73. The van der Waals surface area contributed by atoms with Crippen LogP contribution in [0.25, 0.3) is 0 Å². The van der Waals surface area contributed by atoms with Crippen molar-refractivity contribution < 1.29 is 19.5 Å². The number of hydrogen-bond donors (Lipinski definition) is 5. The third kappa shape index (κ3) is 4.48. The molecule has 0 aromatic carbocycles. The number of nitrogens with one attached hydrogen (secondary N) is 4. The normalized spacial score (nSPS) is 18.9. The fourth-order valence-electron chi connectivity index (χ4n) is 2.07. The zero-order valence-electron chi connectivity index (χ0n) is 11.3. The first-order valence-corrected chi connectivity index (χ1v) is 6.58. The number of aromatic nitrogens is 2. The predicted octanol–water partition coefficient (Wildman–Crippen LogP) is -1.02. The fraction of sp³-hybridized carbons (Fsp3) is 0.500. The number of carbonyl (C=O) groups is 3. The molecule has 2 rings (SSSR count). The number of urea groups is 1. The van der Waals surface area contributed by atoms with Gasteiger partial charge in [0.15, 0.2) is 0 Å². The number of imidazole rings is 1. The van der Waals surface area contributed by atoms with Crippen molar-refractivity contribution in [1.82, 2.24) is 25.9 Å². The summed E-state index contributed by atoms with van der Waals surface area (Å²) < 4.78 is 0. The molecule has 114 valence electrons. The largest absolute Gasteiger partial charge is 0.480 e. The van der Waals surface area contributed by atoms with Gasteiger partial charge in [0, 0.05) is 37.3 Å². The Morgan fingerprint density at radius 3 is 2.90 bits per heavy atom. The van der Waals surface area contributed by atoms with E-state index in [1.54, 1.807) is 0 Å². The Morgan fingerprint density at radius 2 is 2.33 bits per heavy atom. The van der Waals surface area contributed by atoms with Crippen LogP contribution < -0.4 is 16.0 Å². The molecule has 1 saturated heterocycles. The first-order chi connectivity index (χ1) is 10.0. The molecule has 2 atom stereocenters. The molecular weight excluding hydrogens is 278 g/mol. The van der Waals surface area contributed by atoms with Crippen molar-refractivity contribution in [3.8, 4) is 0 Å². The van der Waals surface area contributed by atoms with Gasteiger partial charge < -0.3 is 26.0 Å². The number of carboxylic acids is 1. The van der Waals surface area contributed by atoms with Gasteiger partial charge in [0.05, 0.1) is 6.33 Å². The summed E-state index contributed by atoms with van der Waals surface area (Å²) in [5, 5.41) is 16.7. The van der Waals surface area contributed by atoms with E-state index in [1.807, 2.05) is 0 Å². The number of H-pyrrole nitrogens is 1. The quantitative estimate of drug-likeness (QED) is 0.458. The van der Waals surface area contributed by atoms with Crippen molar-refractivity contribution >= 4 is 17.9 Å². The summed E-state index contributed by atoms with van der Waals surface area (Å²) >= 11 is 0. The van der Waals surface area contributed by atoms with Crippen LogP contribution in [0, 0.1) is 0 Å². The molecule has 1 aliphatic heterocycles. The molecule has 0 saturated carbocycles. The van der Waals surface area contributed by atoms with E-state index in [0.29, 0.717) is 18.5 Å². The van der Waals surface area contributed by atoms with Gasteiger partial charge >= 0.3 is 12.0 Å². The smallest absolute Gasteiger partial charge is 0.326 e. The minimum absolute atomic E-state index is 0.0372. The number of carbonyl (C=O) groups excluding carboxylic acids is 2. The molecule has 9 nitrogen and oxygen atoms in total. The number of hydrogen-bond acceptors (Lipinski definition) is 4. The van der Waals surface area contributed by atoms with E-state index in [0.717, 1.165) is 0 Å². The van der Waals surface area contributed by atoms with E-state index >= 15 is 0 Å². The Morgan fingerprint density at radius 1 is 1.52 bits per heavy atom. The number of nitrogens with zero attached hydrogens (tertiary/aromatic N) is 1. The van der Waals surface area contributed by atoms with Gasteiger partial charge in [-0.2, -0.15) is 0 Å². The molecule has 1 unspecified atom stereocenters. The maximum atomic E-state index is 11.7. The summed E-state index contributed by atoms with van der Waals surface area (Å²) in [4.78, 5) is 40.4. The molecule has 0 radical (unpaired) electrons. The Kier molecular flexibility index (Phi) is 4.75. The number of aromatic amines is 1. The zero-order valence-corrected chi connectivity index (χ0v) is 11.3. The second kappa shape index (κ2) is 6.73. The molecule has 5 N–H and O–H groups in total. The molecule has 3 amide bonds. The van der Waals surface area contributed by atoms with Crippen LogP contribution in [-0.4, -0.2) is 51.6 Å². The minimum Gasteiger partial charge on any atom is -0.480 e. The van der Waals surface area contributed by atoms with Crippen LogP contribution >= 0.6 is 0 Å². The first kappa shape index (κ1) is 14.8. The summed E-state index contributed by atoms with van der Waals surface area (Å²) in [5.74, 6) is -1.17. The van der Waals surface area contributed by atoms with Crippen molar-refractivity contribution in [2.24, 2.45) is 0 Å². The van der Waals surface area contributed by atoms with Crippen LogP contribution in [-0.2, 0) is 16.0 Å². The molecule has 0 spiro atoms. The minimum atomic E-state index is -1.13. The third-order valence-corrected chi connectivity index (χ3v) is 3.18. The summed E-state index contributed by atoms with van der Waals surface area (Å²) in [5.41, 5.74) is 0.616. The molecule has 2 heterocycles. The van der Waals surface area contributed by atoms with E-state index in [-0.39, 0.29) is 24.9 Å². The topological polar surface area (TPSA) is 136 Å².